The summed E-state index contributed by atoms with van der Waals surface area (Å²) in [5, 5.41) is 2.79. The predicted molar refractivity (Wildman–Crippen MR) is 75.0 cm³/mol. The molecule has 0 aromatic heterocycles. The SMILES string of the molecule is CC1CCC(CN)(C(=O)NCCNS(C)(=O)=O)CC1. The highest BCUT2D eigenvalue weighted by atomic mass is 32.2. The van der Waals surface area contributed by atoms with Crippen LogP contribution in [-0.4, -0.2) is 40.2 Å². The molecule has 0 aromatic carbocycles. The van der Waals surface area contributed by atoms with Crippen molar-refractivity contribution in [2.75, 3.05) is 25.9 Å². The van der Waals surface area contributed by atoms with Gasteiger partial charge in [-0.1, -0.05) is 6.92 Å². The summed E-state index contributed by atoms with van der Waals surface area (Å²) in [6, 6.07) is 0. The fraction of sp³-hybridized carbons (Fsp3) is 0.917. The summed E-state index contributed by atoms with van der Waals surface area (Å²) in [6.07, 6.45) is 4.77. The van der Waals surface area contributed by atoms with Gasteiger partial charge < -0.3 is 11.1 Å². The molecule has 0 saturated heterocycles. The van der Waals surface area contributed by atoms with Crippen LogP contribution in [0.3, 0.4) is 0 Å². The summed E-state index contributed by atoms with van der Waals surface area (Å²) in [6.45, 7) is 3.05. The van der Waals surface area contributed by atoms with Gasteiger partial charge in [0.2, 0.25) is 15.9 Å². The Morgan fingerprint density at radius 2 is 1.89 bits per heavy atom. The number of carbonyl (C=O) groups excluding carboxylic acids is 1. The van der Waals surface area contributed by atoms with E-state index in [4.69, 9.17) is 5.73 Å². The van der Waals surface area contributed by atoms with E-state index in [-0.39, 0.29) is 12.5 Å². The molecule has 0 aliphatic heterocycles. The maximum Gasteiger partial charge on any atom is 0.227 e. The van der Waals surface area contributed by atoms with Gasteiger partial charge in [0.25, 0.3) is 0 Å². The molecular formula is C12H25N3O3S. The molecule has 0 spiro atoms. The van der Waals surface area contributed by atoms with Gasteiger partial charge in [0.05, 0.1) is 11.7 Å². The molecule has 0 aromatic rings. The van der Waals surface area contributed by atoms with Crippen LogP contribution in [0.2, 0.25) is 0 Å². The lowest BCUT2D eigenvalue weighted by Crippen LogP contribution is -2.49. The lowest BCUT2D eigenvalue weighted by molar-refractivity contribution is -0.132. The second kappa shape index (κ2) is 6.67. The van der Waals surface area contributed by atoms with Crippen molar-refractivity contribution in [2.45, 2.75) is 32.6 Å². The van der Waals surface area contributed by atoms with E-state index in [0.29, 0.717) is 19.0 Å². The Hall–Kier alpha value is -0.660. The van der Waals surface area contributed by atoms with Crippen molar-refractivity contribution in [1.29, 1.82) is 0 Å². The van der Waals surface area contributed by atoms with Gasteiger partial charge in [-0.2, -0.15) is 0 Å². The van der Waals surface area contributed by atoms with Crippen molar-refractivity contribution < 1.29 is 13.2 Å². The fourth-order valence-corrected chi connectivity index (χ4v) is 2.91. The van der Waals surface area contributed by atoms with Crippen molar-refractivity contribution in [2.24, 2.45) is 17.1 Å². The minimum atomic E-state index is -3.20. The smallest absolute Gasteiger partial charge is 0.227 e. The van der Waals surface area contributed by atoms with Gasteiger partial charge in [-0.3, -0.25) is 4.79 Å². The molecule has 19 heavy (non-hydrogen) atoms. The second-order valence-electron chi connectivity index (χ2n) is 5.59. The number of amides is 1. The first kappa shape index (κ1) is 16.4. The molecule has 0 bridgehead atoms. The largest absolute Gasteiger partial charge is 0.354 e. The molecule has 112 valence electrons. The average molecular weight is 291 g/mol. The van der Waals surface area contributed by atoms with E-state index in [1.807, 2.05) is 0 Å². The lowest BCUT2D eigenvalue weighted by atomic mass is 9.70. The zero-order valence-corrected chi connectivity index (χ0v) is 12.6. The first-order valence-corrected chi connectivity index (χ1v) is 8.61. The average Bonchev–Trinajstić information content (AvgIpc) is 2.34. The van der Waals surface area contributed by atoms with Crippen molar-refractivity contribution in [3.63, 3.8) is 0 Å². The van der Waals surface area contributed by atoms with Crippen molar-refractivity contribution >= 4 is 15.9 Å². The highest BCUT2D eigenvalue weighted by Gasteiger charge is 2.39. The molecule has 7 heteroatoms. The van der Waals surface area contributed by atoms with Gasteiger partial charge in [0, 0.05) is 19.6 Å². The van der Waals surface area contributed by atoms with Crippen LogP contribution in [0.1, 0.15) is 32.6 Å². The zero-order valence-electron chi connectivity index (χ0n) is 11.7. The Morgan fingerprint density at radius 1 is 1.32 bits per heavy atom. The topological polar surface area (TPSA) is 101 Å². The highest BCUT2D eigenvalue weighted by molar-refractivity contribution is 7.88. The van der Waals surface area contributed by atoms with Gasteiger partial charge >= 0.3 is 0 Å². The summed E-state index contributed by atoms with van der Waals surface area (Å²) in [5.41, 5.74) is 5.33. The Kier molecular flexibility index (Phi) is 5.76. The second-order valence-corrected chi connectivity index (χ2v) is 7.42. The highest BCUT2D eigenvalue weighted by Crippen LogP contribution is 2.38. The van der Waals surface area contributed by atoms with E-state index in [2.05, 4.69) is 17.0 Å². The third-order valence-corrected chi connectivity index (χ3v) is 4.61. The van der Waals surface area contributed by atoms with E-state index < -0.39 is 15.4 Å². The summed E-state index contributed by atoms with van der Waals surface area (Å²) in [4.78, 5) is 12.2. The first-order chi connectivity index (χ1) is 8.79. The molecule has 1 saturated carbocycles. The number of sulfonamides is 1. The standard InChI is InChI=1S/C12H25N3O3S/c1-10-3-5-12(9-13,6-4-10)11(16)14-7-8-15-19(2,17)18/h10,15H,3-9,13H2,1-2H3,(H,14,16). The molecule has 1 aliphatic rings. The predicted octanol–water partition coefficient (Wildman–Crippen LogP) is -0.193. The van der Waals surface area contributed by atoms with Crippen LogP contribution in [-0.2, 0) is 14.8 Å². The summed E-state index contributed by atoms with van der Waals surface area (Å²) < 4.78 is 24.1. The molecule has 1 aliphatic carbocycles. The van der Waals surface area contributed by atoms with E-state index in [0.717, 1.165) is 31.9 Å². The molecule has 6 nitrogen and oxygen atoms in total. The molecule has 0 radical (unpaired) electrons. The maximum absolute atomic E-state index is 12.2. The minimum Gasteiger partial charge on any atom is -0.354 e. The number of rotatable bonds is 6. The minimum absolute atomic E-state index is 0.0443. The number of nitrogens with two attached hydrogens (primary N) is 1. The molecule has 0 atom stereocenters. The zero-order chi connectivity index (χ0) is 14.5. The molecule has 1 fully saturated rings. The Balaban J connectivity index is 2.42. The summed E-state index contributed by atoms with van der Waals surface area (Å²) >= 11 is 0. The van der Waals surface area contributed by atoms with Gasteiger partial charge in [0.15, 0.2) is 0 Å². The van der Waals surface area contributed by atoms with Crippen molar-refractivity contribution in [1.82, 2.24) is 10.0 Å². The van der Waals surface area contributed by atoms with Gasteiger partial charge in [-0.25, -0.2) is 13.1 Å². The van der Waals surface area contributed by atoms with Crippen LogP contribution < -0.4 is 15.8 Å². The number of carbonyl (C=O) groups is 1. The first-order valence-electron chi connectivity index (χ1n) is 6.72. The number of hydrogen-bond acceptors (Lipinski definition) is 4. The molecule has 1 rings (SSSR count). The number of hydrogen-bond donors (Lipinski definition) is 3. The molecule has 1 amide bonds. The summed E-state index contributed by atoms with van der Waals surface area (Å²) in [7, 11) is -3.20. The third kappa shape index (κ3) is 5.08. The van der Waals surface area contributed by atoms with E-state index in [1.165, 1.54) is 0 Å². The normalized spacial score (nSPS) is 28.1. The Morgan fingerprint density at radius 3 is 2.37 bits per heavy atom. The molecular weight excluding hydrogens is 266 g/mol. The maximum atomic E-state index is 12.2. The summed E-state index contributed by atoms with van der Waals surface area (Å²) in [5.74, 6) is 0.608. The van der Waals surface area contributed by atoms with Crippen LogP contribution in [0.15, 0.2) is 0 Å². The van der Waals surface area contributed by atoms with Gasteiger partial charge in [-0.05, 0) is 31.6 Å². The van der Waals surface area contributed by atoms with E-state index >= 15 is 0 Å². The van der Waals surface area contributed by atoms with Crippen LogP contribution in [0, 0.1) is 11.3 Å². The van der Waals surface area contributed by atoms with Gasteiger partial charge in [-0.15, -0.1) is 0 Å². The lowest BCUT2D eigenvalue weighted by Gasteiger charge is -2.37. The van der Waals surface area contributed by atoms with E-state index in [9.17, 15) is 13.2 Å². The van der Waals surface area contributed by atoms with Crippen LogP contribution in [0.5, 0.6) is 0 Å². The fourth-order valence-electron chi connectivity index (χ4n) is 2.44. The van der Waals surface area contributed by atoms with E-state index in [1.54, 1.807) is 0 Å². The molecule has 4 N–H and O–H groups in total. The number of nitrogens with one attached hydrogen (secondary N) is 2. The Labute approximate surface area is 115 Å². The molecule has 0 unspecified atom stereocenters. The monoisotopic (exact) mass is 291 g/mol. The van der Waals surface area contributed by atoms with Crippen LogP contribution >= 0.6 is 0 Å². The van der Waals surface area contributed by atoms with Crippen LogP contribution in [0.4, 0.5) is 0 Å². The van der Waals surface area contributed by atoms with Crippen molar-refractivity contribution in [3.8, 4) is 0 Å². The molecule has 0 heterocycles. The van der Waals surface area contributed by atoms with Crippen molar-refractivity contribution in [3.05, 3.63) is 0 Å². The third-order valence-electron chi connectivity index (χ3n) is 3.88. The quantitative estimate of drug-likeness (QED) is 0.590. The Bertz CT molecular complexity index is 400. The van der Waals surface area contributed by atoms with Gasteiger partial charge in [0.1, 0.15) is 0 Å². The van der Waals surface area contributed by atoms with Crippen LogP contribution in [0.25, 0.3) is 0 Å².